The number of sulfone groups is 1. The average molecular weight is 583 g/mol. The first-order valence-electron chi connectivity index (χ1n) is 11.2. The average Bonchev–Trinajstić information content (AvgIpc) is 3.15. The summed E-state index contributed by atoms with van der Waals surface area (Å²) >= 11 is 0. The molecule has 8 nitrogen and oxygen atoms in total. The van der Waals surface area contributed by atoms with Crippen molar-refractivity contribution in [2.45, 2.75) is 61.8 Å². The van der Waals surface area contributed by atoms with Crippen molar-refractivity contribution in [2.75, 3.05) is 11.6 Å². The first-order chi connectivity index (χ1) is 17.6. The van der Waals surface area contributed by atoms with Gasteiger partial charge in [-0.15, -0.1) is 0 Å². The van der Waals surface area contributed by atoms with Crippen molar-refractivity contribution in [3.05, 3.63) is 59.2 Å². The number of anilines is 1. The Hall–Kier alpha value is -3.33. The SMILES string of the molecule is CC(C)(C)OC(=O)N1Cc2cc(S(C)(=O)=O)ccc2C1C(=O)Nc1ccc(C(O)(C(F)(F)F)C(F)(F)F)cc1. The third-order valence-corrected chi connectivity index (χ3v) is 6.87. The van der Waals surface area contributed by atoms with E-state index in [9.17, 15) is 49.5 Å². The van der Waals surface area contributed by atoms with Crippen molar-refractivity contribution in [3.63, 3.8) is 0 Å². The molecule has 15 heteroatoms. The maximum Gasteiger partial charge on any atom is 0.430 e. The van der Waals surface area contributed by atoms with Crippen LogP contribution in [0.15, 0.2) is 47.4 Å². The third-order valence-electron chi connectivity index (χ3n) is 5.76. The van der Waals surface area contributed by atoms with Crippen LogP contribution in [0, 0.1) is 0 Å². The van der Waals surface area contributed by atoms with E-state index >= 15 is 0 Å². The van der Waals surface area contributed by atoms with E-state index in [1.807, 2.05) is 0 Å². The molecule has 2 aromatic carbocycles. The molecule has 1 atom stereocenters. The number of nitrogens with zero attached hydrogens (tertiary/aromatic N) is 1. The molecule has 2 aromatic rings. The molecule has 2 amide bonds. The van der Waals surface area contributed by atoms with Gasteiger partial charge in [0.25, 0.3) is 11.5 Å². The molecule has 0 spiro atoms. The number of amides is 2. The number of carbonyl (C=O) groups is 2. The van der Waals surface area contributed by atoms with Gasteiger partial charge in [-0.2, -0.15) is 26.3 Å². The molecule has 214 valence electrons. The lowest BCUT2D eigenvalue weighted by Crippen LogP contribution is -2.53. The lowest BCUT2D eigenvalue weighted by Gasteiger charge is -2.32. The van der Waals surface area contributed by atoms with Crippen molar-refractivity contribution >= 4 is 27.5 Å². The summed E-state index contributed by atoms with van der Waals surface area (Å²) in [6.45, 7) is 4.52. The van der Waals surface area contributed by atoms with Gasteiger partial charge < -0.3 is 15.2 Å². The van der Waals surface area contributed by atoms with E-state index < -0.39 is 57.0 Å². The maximum atomic E-state index is 13.3. The zero-order chi connectivity index (χ0) is 29.8. The van der Waals surface area contributed by atoms with E-state index in [1.165, 1.54) is 18.2 Å². The predicted octanol–water partition coefficient (Wildman–Crippen LogP) is 4.83. The van der Waals surface area contributed by atoms with Crippen molar-refractivity contribution < 1.29 is 54.2 Å². The Labute approximate surface area is 219 Å². The van der Waals surface area contributed by atoms with Gasteiger partial charge >= 0.3 is 18.4 Å². The number of benzene rings is 2. The summed E-state index contributed by atoms with van der Waals surface area (Å²) in [4.78, 5) is 27.1. The van der Waals surface area contributed by atoms with Gasteiger partial charge in [0.05, 0.1) is 11.4 Å². The minimum absolute atomic E-state index is 0.0659. The molecule has 2 N–H and O–H groups in total. The summed E-state index contributed by atoms with van der Waals surface area (Å²) in [5.41, 5.74) is -7.30. The molecule has 0 saturated carbocycles. The number of rotatable bonds is 4. The number of halogens is 6. The van der Waals surface area contributed by atoms with Gasteiger partial charge in [0.1, 0.15) is 11.6 Å². The molecule has 0 bridgehead atoms. The maximum absolute atomic E-state index is 13.3. The van der Waals surface area contributed by atoms with Gasteiger partial charge in [0.15, 0.2) is 9.84 Å². The topological polar surface area (TPSA) is 113 Å². The van der Waals surface area contributed by atoms with E-state index in [0.29, 0.717) is 17.7 Å². The lowest BCUT2D eigenvalue weighted by atomic mass is 9.92. The van der Waals surface area contributed by atoms with Gasteiger partial charge in [-0.3, -0.25) is 9.69 Å². The highest BCUT2D eigenvalue weighted by Gasteiger charge is 2.71. The summed E-state index contributed by atoms with van der Waals surface area (Å²) in [6.07, 6.45) is -12.1. The fraction of sp³-hybridized carbons (Fsp3) is 0.417. The van der Waals surface area contributed by atoms with Crippen LogP contribution in [0.25, 0.3) is 0 Å². The first kappa shape index (κ1) is 30.2. The number of hydrogen-bond donors (Lipinski definition) is 2. The van der Waals surface area contributed by atoms with Crippen LogP contribution < -0.4 is 5.32 Å². The van der Waals surface area contributed by atoms with Crippen molar-refractivity contribution in [2.24, 2.45) is 0 Å². The van der Waals surface area contributed by atoms with E-state index in [1.54, 1.807) is 20.8 Å². The molecular weight excluding hydrogens is 558 g/mol. The van der Waals surface area contributed by atoms with Gasteiger partial charge in [0.2, 0.25) is 0 Å². The van der Waals surface area contributed by atoms with Crippen LogP contribution >= 0.6 is 0 Å². The second-order valence-electron chi connectivity index (χ2n) is 9.92. The highest BCUT2D eigenvalue weighted by molar-refractivity contribution is 7.90. The van der Waals surface area contributed by atoms with Crippen LogP contribution in [-0.4, -0.2) is 54.6 Å². The Bertz CT molecular complexity index is 1370. The predicted molar refractivity (Wildman–Crippen MR) is 125 cm³/mol. The molecule has 0 aliphatic carbocycles. The minimum Gasteiger partial charge on any atom is -0.444 e. The normalized spacial score (nSPS) is 16.6. The zero-order valence-corrected chi connectivity index (χ0v) is 21.8. The van der Waals surface area contributed by atoms with Crippen molar-refractivity contribution in [1.82, 2.24) is 4.90 Å². The summed E-state index contributed by atoms with van der Waals surface area (Å²) < 4.78 is 108. The Balaban J connectivity index is 1.96. The Morgan fingerprint density at radius 2 is 1.51 bits per heavy atom. The fourth-order valence-corrected chi connectivity index (χ4v) is 4.60. The van der Waals surface area contributed by atoms with Gasteiger partial charge in [0, 0.05) is 17.5 Å². The highest BCUT2D eigenvalue weighted by Crippen LogP contribution is 2.50. The van der Waals surface area contributed by atoms with Crippen LogP contribution in [0.1, 0.15) is 43.5 Å². The molecule has 1 unspecified atom stereocenters. The van der Waals surface area contributed by atoms with Gasteiger partial charge in [-0.1, -0.05) is 18.2 Å². The van der Waals surface area contributed by atoms with E-state index in [-0.39, 0.29) is 22.7 Å². The fourth-order valence-electron chi connectivity index (χ4n) is 3.93. The third kappa shape index (κ3) is 5.98. The number of alkyl halides is 6. The summed E-state index contributed by atoms with van der Waals surface area (Å²) in [7, 11) is -3.63. The Kier molecular flexibility index (Phi) is 7.51. The molecular formula is C24H24F6N2O6S. The van der Waals surface area contributed by atoms with E-state index in [2.05, 4.69) is 5.32 Å². The monoisotopic (exact) mass is 582 g/mol. The highest BCUT2D eigenvalue weighted by atomic mass is 32.2. The molecule has 0 radical (unpaired) electrons. The second kappa shape index (κ2) is 9.70. The first-order valence-corrected chi connectivity index (χ1v) is 13.0. The summed E-state index contributed by atoms with van der Waals surface area (Å²) in [6, 6.07) is 4.68. The van der Waals surface area contributed by atoms with Crippen LogP contribution in [0.3, 0.4) is 0 Å². The summed E-state index contributed by atoms with van der Waals surface area (Å²) in [5.74, 6) is -0.902. The van der Waals surface area contributed by atoms with Crippen molar-refractivity contribution in [1.29, 1.82) is 0 Å². The van der Waals surface area contributed by atoms with Crippen LogP contribution in [0.4, 0.5) is 36.8 Å². The number of carbonyl (C=O) groups excluding carboxylic acids is 2. The quantitative estimate of drug-likeness (QED) is 0.500. The minimum atomic E-state index is -6.08. The smallest absolute Gasteiger partial charge is 0.430 e. The van der Waals surface area contributed by atoms with E-state index in [4.69, 9.17) is 4.74 Å². The number of aliphatic hydroxyl groups is 1. The number of hydrogen-bond acceptors (Lipinski definition) is 6. The van der Waals surface area contributed by atoms with Crippen LogP contribution in [0.5, 0.6) is 0 Å². The van der Waals surface area contributed by atoms with Crippen molar-refractivity contribution in [3.8, 4) is 0 Å². The molecule has 0 aromatic heterocycles. The molecule has 3 rings (SSSR count). The van der Waals surface area contributed by atoms with Gasteiger partial charge in [-0.25, -0.2) is 13.2 Å². The standard InChI is InChI=1S/C24H24F6N2O6S/c1-21(2,3)38-20(34)32-12-13-11-16(39(4,36)37)9-10-17(13)18(32)19(33)31-15-7-5-14(6-8-15)22(35,23(25,26)27)24(28,29)30/h5-11,18,35H,12H2,1-4H3,(H,31,33). The van der Waals surface area contributed by atoms with Crippen LogP contribution in [-0.2, 0) is 31.5 Å². The van der Waals surface area contributed by atoms with Gasteiger partial charge in [-0.05, 0) is 56.2 Å². The molecule has 1 aliphatic rings. The largest absolute Gasteiger partial charge is 0.444 e. The van der Waals surface area contributed by atoms with Crippen LogP contribution in [0.2, 0.25) is 0 Å². The molecule has 1 aliphatic heterocycles. The number of fused-ring (bicyclic) bond motifs is 1. The zero-order valence-electron chi connectivity index (χ0n) is 20.9. The molecule has 0 fully saturated rings. The molecule has 39 heavy (non-hydrogen) atoms. The second-order valence-corrected chi connectivity index (χ2v) is 11.9. The number of ether oxygens (including phenoxy) is 1. The Morgan fingerprint density at radius 3 is 1.97 bits per heavy atom. The molecule has 0 saturated heterocycles. The summed E-state index contributed by atoms with van der Waals surface area (Å²) in [5, 5.41) is 11.9. The van der Waals surface area contributed by atoms with E-state index in [0.717, 1.165) is 23.3 Å². The number of nitrogens with one attached hydrogen (secondary N) is 1. The lowest BCUT2D eigenvalue weighted by molar-refractivity contribution is -0.376. The molecule has 1 heterocycles. The Morgan fingerprint density at radius 1 is 0.974 bits per heavy atom.